The van der Waals surface area contributed by atoms with Crippen molar-refractivity contribution in [1.29, 1.82) is 0 Å². The number of benzene rings is 1. The van der Waals surface area contributed by atoms with Crippen LogP contribution in [-0.4, -0.2) is 5.21 Å². The van der Waals surface area contributed by atoms with Gasteiger partial charge in [0.2, 0.25) is 0 Å². The monoisotopic (exact) mass is 192 g/mol. The van der Waals surface area contributed by atoms with Crippen molar-refractivity contribution in [2.24, 2.45) is 0 Å². The lowest BCUT2D eigenvalue weighted by atomic mass is 10.2. The first-order valence-electron chi connectivity index (χ1n) is 3.87. The van der Waals surface area contributed by atoms with Crippen LogP contribution in [0.5, 0.6) is 0 Å². The number of hydrogen-bond donors (Lipinski definition) is 1. The van der Waals surface area contributed by atoms with Gasteiger partial charge in [0.05, 0.1) is 5.69 Å². The zero-order chi connectivity index (χ0) is 10.1. The number of hydrogen-bond acceptors (Lipinski definition) is 5. The highest BCUT2D eigenvalue weighted by atomic mass is 16.8. The molecule has 72 valence electrons. The van der Waals surface area contributed by atoms with Crippen LogP contribution in [0.15, 0.2) is 39.5 Å². The molecule has 2 aromatic rings. The average molecular weight is 192 g/mol. The zero-order valence-corrected chi connectivity index (χ0v) is 7.01. The van der Waals surface area contributed by atoms with Crippen LogP contribution in [0.4, 0.5) is 5.69 Å². The first-order valence-corrected chi connectivity index (χ1v) is 3.87. The van der Waals surface area contributed by atoms with Gasteiger partial charge in [-0.25, -0.2) is 4.79 Å². The normalized spacial score (nSPS) is 10.4. The van der Waals surface area contributed by atoms with Gasteiger partial charge in [-0.2, -0.15) is 0 Å². The Labute approximate surface area is 78.3 Å². The molecule has 0 saturated heterocycles. The summed E-state index contributed by atoms with van der Waals surface area (Å²) in [5.41, 5.74) is 0.0164. The van der Waals surface area contributed by atoms with Gasteiger partial charge in [0.1, 0.15) is 5.58 Å². The molecule has 1 N–H and O–H groups in total. The molecule has 1 aromatic carbocycles. The standard InChI is InChI=1S/C9H6NO4/c11-9-4-1-6-5-7(10(12)13)2-3-8(6)14-9/h1-5,12H/q-1. The molecule has 0 bridgehead atoms. The van der Waals surface area contributed by atoms with Crippen molar-refractivity contribution in [1.82, 2.24) is 0 Å². The summed E-state index contributed by atoms with van der Waals surface area (Å²) in [7, 11) is 0. The summed E-state index contributed by atoms with van der Waals surface area (Å²) in [6.07, 6.45) is 0. The van der Waals surface area contributed by atoms with E-state index in [2.05, 4.69) is 0 Å². The van der Waals surface area contributed by atoms with E-state index in [0.717, 1.165) is 0 Å². The molecule has 0 fully saturated rings. The second-order valence-electron chi connectivity index (χ2n) is 2.75. The molecular formula is C9H6NO4-. The zero-order valence-electron chi connectivity index (χ0n) is 7.01. The molecule has 0 saturated carbocycles. The van der Waals surface area contributed by atoms with Gasteiger partial charge in [-0.3, -0.25) is 5.21 Å². The molecular weight excluding hydrogens is 186 g/mol. The van der Waals surface area contributed by atoms with Crippen molar-refractivity contribution in [3.05, 3.63) is 46.0 Å². The van der Waals surface area contributed by atoms with Gasteiger partial charge in [0.15, 0.2) is 0 Å². The summed E-state index contributed by atoms with van der Waals surface area (Å²) in [5.74, 6) is 0. The molecule has 0 amide bonds. The number of rotatable bonds is 1. The molecule has 0 aliphatic heterocycles. The summed E-state index contributed by atoms with van der Waals surface area (Å²) in [5, 5.41) is 19.5. The van der Waals surface area contributed by atoms with Crippen molar-refractivity contribution in [2.75, 3.05) is 5.23 Å². The van der Waals surface area contributed by atoms with Crippen LogP contribution in [0, 0.1) is 5.21 Å². The Morgan fingerprint density at radius 3 is 2.79 bits per heavy atom. The van der Waals surface area contributed by atoms with Crippen LogP contribution < -0.4 is 10.9 Å². The van der Waals surface area contributed by atoms with Crippen LogP contribution in [0.2, 0.25) is 0 Å². The van der Waals surface area contributed by atoms with E-state index in [1.165, 1.54) is 30.3 Å². The van der Waals surface area contributed by atoms with Crippen LogP contribution in [0.25, 0.3) is 11.0 Å². The Balaban J connectivity index is 2.67. The van der Waals surface area contributed by atoms with E-state index in [-0.39, 0.29) is 10.9 Å². The first-order chi connectivity index (χ1) is 6.66. The molecule has 1 heterocycles. The van der Waals surface area contributed by atoms with Crippen LogP contribution >= 0.6 is 0 Å². The molecule has 0 aliphatic carbocycles. The molecule has 14 heavy (non-hydrogen) atoms. The van der Waals surface area contributed by atoms with Crippen molar-refractivity contribution >= 4 is 16.7 Å². The predicted octanol–water partition coefficient (Wildman–Crippen LogP) is 1.49. The maximum absolute atomic E-state index is 10.8. The third-order valence-electron chi connectivity index (χ3n) is 1.82. The Morgan fingerprint density at radius 1 is 1.29 bits per heavy atom. The van der Waals surface area contributed by atoms with E-state index in [4.69, 9.17) is 9.62 Å². The smallest absolute Gasteiger partial charge is 0.336 e. The minimum Gasteiger partial charge on any atom is -0.733 e. The fourth-order valence-corrected chi connectivity index (χ4v) is 1.18. The van der Waals surface area contributed by atoms with Crippen LogP contribution in [0.1, 0.15) is 0 Å². The topological polar surface area (TPSA) is 76.7 Å². The van der Waals surface area contributed by atoms with Gasteiger partial charge < -0.3 is 14.9 Å². The van der Waals surface area contributed by atoms with Gasteiger partial charge in [-0.15, -0.1) is 0 Å². The highest BCUT2D eigenvalue weighted by molar-refractivity contribution is 5.80. The minimum absolute atomic E-state index is 0.0892. The third-order valence-corrected chi connectivity index (χ3v) is 1.82. The van der Waals surface area contributed by atoms with E-state index in [1.807, 2.05) is 0 Å². The highest BCUT2D eigenvalue weighted by Gasteiger charge is 1.98. The maximum Gasteiger partial charge on any atom is 0.336 e. The Kier molecular flexibility index (Phi) is 1.95. The van der Waals surface area contributed by atoms with Crippen molar-refractivity contribution in [3.63, 3.8) is 0 Å². The Morgan fingerprint density at radius 2 is 2.07 bits per heavy atom. The number of nitrogens with zero attached hydrogens (tertiary/aromatic N) is 1. The summed E-state index contributed by atoms with van der Waals surface area (Å²) in [6, 6.07) is 7.00. The number of anilines is 1. The Hall–Kier alpha value is -1.85. The summed E-state index contributed by atoms with van der Waals surface area (Å²) >= 11 is 0. The van der Waals surface area contributed by atoms with E-state index in [9.17, 15) is 10.0 Å². The molecule has 5 nitrogen and oxygen atoms in total. The molecule has 0 unspecified atom stereocenters. The lowest BCUT2D eigenvalue weighted by Crippen LogP contribution is -2.06. The molecule has 0 atom stereocenters. The van der Waals surface area contributed by atoms with E-state index in [0.29, 0.717) is 11.0 Å². The summed E-state index contributed by atoms with van der Waals surface area (Å²) in [4.78, 5) is 10.8. The average Bonchev–Trinajstić information content (AvgIpc) is 2.16. The van der Waals surface area contributed by atoms with Crippen molar-refractivity contribution in [3.8, 4) is 0 Å². The molecule has 0 spiro atoms. The van der Waals surface area contributed by atoms with Crippen molar-refractivity contribution in [2.45, 2.75) is 0 Å². The quantitative estimate of drug-likeness (QED) is 0.547. The van der Waals surface area contributed by atoms with E-state index < -0.39 is 5.63 Å². The second kappa shape index (κ2) is 3.13. The fourth-order valence-electron chi connectivity index (χ4n) is 1.18. The third kappa shape index (κ3) is 1.46. The maximum atomic E-state index is 10.8. The van der Waals surface area contributed by atoms with Crippen LogP contribution in [-0.2, 0) is 0 Å². The second-order valence-corrected chi connectivity index (χ2v) is 2.75. The Bertz CT molecular complexity index is 517. The molecule has 5 heteroatoms. The van der Waals surface area contributed by atoms with Crippen molar-refractivity contribution < 1.29 is 9.62 Å². The molecule has 0 aliphatic rings. The number of fused-ring (bicyclic) bond motifs is 1. The lowest BCUT2D eigenvalue weighted by molar-refractivity contribution is 0.296. The largest absolute Gasteiger partial charge is 0.733 e. The van der Waals surface area contributed by atoms with E-state index >= 15 is 0 Å². The van der Waals surface area contributed by atoms with Crippen LogP contribution in [0.3, 0.4) is 0 Å². The summed E-state index contributed by atoms with van der Waals surface area (Å²) < 4.78 is 4.84. The minimum atomic E-state index is -0.451. The fraction of sp³-hybridized carbons (Fsp3) is 0. The van der Waals surface area contributed by atoms with Gasteiger partial charge in [-0.1, -0.05) is 0 Å². The molecule has 2 rings (SSSR count). The van der Waals surface area contributed by atoms with Gasteiger partial charge >= 0.3 is 5.63 Å². The molecule has 1 aromatic heterocycles. The highest BCUT2D eigenvalue weighted by Crippen LogP contribution is 2.19. The van der Waals surface area contributed by atoms with E-state index in [1.54, 1.807) is 0 Å². The predicted molar refractivity (Wildman–Crippen MR) is 50.1 cm³/mol. The SMILES string of the molecule is O=c1ccc2cc(N([O-])O)ccc2o1. The van der Waals surface area contributed by atoms with Gasteiger partial charge in [0.25, 0.3) is 0 Å². The lowest BCUT2D eigenvalue weighted by Gasteiger charge is -2.21. The van der Waals surface area contributed by atoms with Gasteiger partial charge in [-0.05, 0) is 24.3 Å². The molecule has 0 radical (unpaired) electrons. The van der Waals surface area contributed by atoms with Gasteiger partial charge in [0, 0.05) is 11.5 Å². The first kappa shape index (κ1) is 8.74. The summed E-state index contributed by atoms with van der Waals surface area (Å²) in [6.45, 7) is 0.